The molecule has 3 aromatic carbocycles. The number of likely N-dealkylation sites (N-methyl/N-ethyl adjacent to an activating group) is 1. The number of benzene rings is 3. The second-order valence-electron chi connectivity index (χ2n) is 8.01. The van der Waals surface area contributed by atoms with E-state index in [2.05, 4.69) is 5.32 Å². The zero-order valence-corrected chi connectivity index (χ0v) is 17.3. The van der Waals surface area contributed by atoms with E-state index in [1.54, 1.807) is 0 Å². The smallest absolute Gasteiger partial charge is 0.250 e. The summed E-state index contributed by atoms with van der Waals surface area (Å²) in [4.78, 5) is 29.5. The van der Waals surface area contributed by atoms with Crippen LogP contribution in [0.1, 0.15) is 27.4 Å². The molecule has 0 bridgehead atoms. The molecule has 5 heteroatoms. The maximum Gasteiger partial charge on any atom is 0.250 e. The molecule has 1 saturated heterocycles. The SMILES string of the molecule is CN1C[C@H](c2ccc(Cl)cc2)[C@H](C(=O)c2ccccc2)[C@@]12C(=O)Nc1ccccc12. The van der Waals surface area contributed by atoms with Gasteiger partial charge in [0.25, 0.3) is 0 Å². The van der Waals surface area contributed by atoms with Crippen LogP contribution in [0.15, 0.2) is 78.9 Å². The fraction of sp³-hybridized carbons (Fsp3) is 0.200. The highest BCUT2D eigenvalue weighted by molar-refractivity contribution is 6.30. The van der Waals surface area contributed by atoms with E-state index in [-0.39, 0.29) is 17.6 Å². The Morgan fingerprint density at radius 1 is 1.00 bits per heavy atom. The van der Waals surface area contributed by atoms with Gasteiger partial charge in [0.05, 0.1) is 5.92 Å². The molecule has 3 aromatic rings. The third-order valence-electron chi connectivity index (χ3n) is 6.50. The number of halogens is 1. The van der Waals surface area contributed by atoms with Crippen molar-refractivity contribution in [2.24, 2.45) is 5.92 Å². The van der Waals surface area contributed by atoms with E-state index in [4.69, 9.17) is 11.6 Å². The Morgan fingerprint density at radius 3 is 2.40 bits per heavy atom. The molecule has 0 radical (unpaired) electrons. The van der Waals surface area contributed by atoms with Gasteiger partial charge in [-0.15, -0.1) is 0 Å². The number of Topliss-reactive ketones (excluding diaryl/α,β-unsaturated/α-hetero) is 1. The number of ketones is 1. The van der Waals surface area contributed by atoms with Crippen LogP contribution in [-0.4, -0.2) is 30.2 Å². The van der Waals surface area contributed by atoms with Crippen LogP contribution in [0, 0.1) is 5.92 Å². The molecule has 1 fully saturated rings. The summed E-state index contributed by atoms with van der Waals surface area (Å²) in [6.45, 7) is 0.590. The highest BCUT2D eigenvalue weighted by Crippen LogP contribution is 2.55. The number of amides is 1. The van der Waals surface area contributed by atoms with Gasteiger partial charge < -0.3 is 5.32 Å². The molecule has 4 nitrogen and oxygen atoms in total. The number of carbonyl (C=O) groups is 2. The summed E-state index contributed by atoms with van der Waals surface area (Å²) in [5, 5.41) is 3.67. The van der Waals surface area contributed by atoms with Crippen LogP contribution in [0.5, 0.6) is 0 Å². The Morgan fingerprint density at radius 2 is 1.67 bits per heavy atom. The lowest BCUT2D eigenvalue weighted by atomic mass is 9.70. The summed E-state index contributed by atoms with van der Waals surface area (Å²) in [5.74, 6) is -0.865. The van der Waals surface area contributed by atoms with Crippen LogP contribution >= 0.6 is 11.6 Å². The summed E-state index contributed by atoms with van der Waals surface area (Å²) in [6.07, 6.45) is 0. The van der Waals surface area contributed by atoms with Crippen molar-refractivity contribution < 1.29 is 9.59 Å². The number of carbonyl (C=O) groups excluding carboxylic acids is 2. The van der Waals surface area contributed by atoms with Crippen LogP contribution in [-0.2, 0) is 10.3 Å². The maximum absolute atomic E-state index is 13.9. The van der Waals surface area contributed by atoms with E-state index in [1.807, 2.05) is 90.8 Å². The first-order valence-corrected chi connectivity index (χ1v) is 10.4. The van der Waals surface area contributed by atoms with Gasteiger partial charge in [-0.25, -0.2) is 0 Å². The molecule has 2 heterocycles. The van der Waals surface area contributed by atoms with Crippen LogP contribution in [0.2, 0.25) is 5.02 Å². The third-order valence-corrected chi connectivity index (χ3v) is 6.75. The highest BCUT2D eigenvalue weighted by Gasteiger charge is 2.64. The first-order valence-electron chi connectivity index (χ1n) is 10.0. The van der Waals surface area contributed by atoms with Gasteiger partial charge in [0.1, 0.15) is 5.54 Å². The van der Waals surface area contributed by atoms with Gasteiger partial charge in [0, 0.05) is 34.3 Å². The van der Waals surface area contributed by atoms with Gasteiger partial charge in [0.15, 0.2) is 5.78 Å². The molecule has 1 amide bonds. The minimum atomic E-state index is -1.05. The predicted octanol–water partition coefficient (Wildman–Crippen LogP) is 4.72. The van der Waals surface area contributed by atoms with Gasteiger partial charge in [-0.1, -0.05) is 72.3 Å². The van der Waals surface area contributed by atoms with E-state index in [0.29, 0.717) is 17.1 Å². The molecule has 0 unspecified atom stereocenters. The largest absolute Gasteiger partial charge is 0.324 e. The van der Waals surface area contributed by atoms with Crippen LogP contribution in [0.4, 0.5) is 5.69 Å². The van der Waals surface area contributed by atoms with Crippen molar-refractivity contribution in [2.45, 2.75) is 11.5 Å². The molecule has 1 spiro atoms. The van der Waals surface area contributed by atoms with Crippen molar-refractivity contribution in [3.05, 3.63) is 101 Å². The predicted molar refractivity (Wildman–Crippen MR) is 118 cm³/mol. The average Bonchev–Trinajstić information content (AvgIpc) is 3.24. The van der Waals surface area contributed by atoms with Gasteiger partial charge in [-0.05, 0) is 30.8 Å². The first-order chi connectivity index (χ1) is 14.5. The summed E-state index contributed by atoms with van der Waals surface area (Å²) < 4.78 is 0. The van der Waals surface area contributed by atoms with E-state index >= 15 is 0 Å². The van der Waals surface area contributed by atoms with Gasteiger partial charge in [-0.3, -0.25) is 14.5 Å². The number of fused-ring (bicyclic) bond motifs is 2. The Bertz CT molecular complexity index is 1130. The van der Waals surface area contributed by atoms with Crippen LogP contribution in [0.25, 0.3) is 0 Å². The molecule has 0 aliphatic carbocycles. The standard InChI is InChI=1S/C25H21ClN2O2/c1-28-15-19(16-11-13-18(26)14-12-16)22(23(29)17-7-3-2-4-8-17)25(28)20-9-5-6-10-21(20)27-24(25)30/h2-14,19,22H,15H2,1H3,(H,27,30)/t19-,22-,25+/m1/s1. The molecule has 2 aliphatic heterocycles. The molecule has 150 valence electrons. The van der Waals surface area contributed by atoms with Gasteiger partial charge in [-0.2, -0.15) is 0 Å². The Balaban J connectivity index is 1.73. The molecule has 1 N–H and O–H groups in total. The Kier molecular flexibility index (Phi) is 4.49. The topological polar surface area (TPSA) is 49.4 Å². The highest BCUT2D eigenvalue weighted by atomic mass is 35.5. The van der Waals surface area contributed by atoms with Crippen LogP contribution in [0.3, 0.4) is 0 Å². The van der Waals surface area contributed by atoms with E-state index < -0.39 is 11.5 Å². The second kappa shape index (κ2) is 7.08. The lowest BCUT2D eigenvalue weighted by Crippen LogP contribution is -2.51. The minimum absolute atomic E-state index is 0.0215. The first kappa shape index (κ1) is 19.0. The molecular formula is C25H21ClN2O2. The van der Waals surface area contributed by atoms with E-state index in [0.717, 1.165) is 16.8 Å². The van der Waals surface area contributed by atoms with Gasteiger partial charge in [0.2, 0.25) is 5.91 Å². The Labute approximate surface area is 180 Å². The van der Waals surface area contributed by atoms with Crippen molar-refractivity contribution in [3.63, 3.8) is 0 Å². The Hall–Kier alpha value is -2.95. The maximum atomic E-state index is 13.9. The number of likely N-dealkylation sites (tertiary alicyclic amines) is 1. The molecule has 0 saturated carbocycles. The van der Waals surface area contributed by atoms with Crippen molar-refractivity contribution in [3.8, 4) is 0 Å². The van der Waals surface area contributed by atoms with Crippen molar-refractivity contribution in [1.29, 1.82) is 0 Å². The monoisotopic (exact) mass is 416 g/mol. The zero-order valence-electron chi connectivity index (χ0n) is 16.5. The fourth-order valence-corrected chi connectivity index (χ4v) is 5.31. The van der Waals surface area contributed by atoms with Crippen molar-refractivity contribution >= 4 is 29.0 Å². The van der Waals surface area contributed by atoms with Crippen LogP contribution < -0.4 is 5.32 Å². The molecular weight excluding hydrogens is 396 g/mol. The average molecular weight is 417 g/mol. The van der Waals surface area contributed by atoms with Crippen molar-refractivity contribution in [2.75, 3.05) is 18.9 Å². The van der Waals surface area contributed by atoms with Crippen molar-refractivity contribution in [1.82, 2.24) is 4.90 Å². The lowest BCUT2D eigenvalue weighted by molar-refractivity contribution is -0.126. The molecule has 2 aliphatic rings. The normalized spacial score (nSPS) is 25.3. The number of hydrogen-bond donors (Lipinski definition) is 1. The number of rotatable bonds is 3. The number of nitrogens with one attached hydrogen (secondary N) is 1. The molecule has 5 rings (SSSR count). The number of nitrogens with zero attached hydrogens (tertiary/aromatic N) is 1. The summed E-state index contributed by atoms with van der Waals surface area (Å²) >= 11 is 6.11. The molecule has 3 atom stereocenters. The molecule has 30 heavy (non-hydrogen) atoms. The summed E-state index contributed by atoms with van der Waals surface area (Å²) in [6, 6.07) is 24.6. The van der Waals surface area contributed by atoms with E-state index in [9.17, 15) is 9.59 Å². The lowest BCUT2D eigenvalue weighted by Gasteiger charge is -2.35. The van der Waals surface area contributed by atoms with E-state index in [1.165, 1.54) is 0 Å². The quantitative estimate of drug-likeness (QED) is 0.629. The zero-order chi connectivity index (χ0) is 20.9. The molecule has 0 aromatic heterocycles. The minimum Gasteiger partial charge on any atom is -0.324 e. The number of anilines is 1. The number of para-hydroxylation sites is 1. The summed E-state index contributed by atoms with van der Waals surface area (Å²) in [7, 11) is 1.93. The van der Waals surface area contributed by atoms with Gasteiger partial charge >= 0.3 is 0 Å². The number of hydrogen-bond acceptors (Lipinski definition) is 3. The second-order valence-corrected chi connectivity index (χ2v) is 8.45. The third kappa shape index (κ3) is 2.64. The summed E-state index contributed by atoms with van der Waals surface area (Å²) in [5.41, 5.74) is 2.22. The fourth-order valence-electron chi connectivity index (χ4n) is 5.19.